The number of nitrogens with one attached hydrogen (secondary N) is 2. The summed E-state index contributed by atoms with van der Waals surface area (Å²) in [5.41, 5.74) is -3.31. The van der Waals surface area contributed by atoms with E-state index in [-0.39, 0.29) is 15.6 Å². The molecule has 0 heterocycles. The van der Waals surface area contributed by atoms with E-state index >= 15 is 0 Å². The van der Waals surface area contributed by atoms with Gasteiger partial charge in [0.1, 0.15) is 0 Å². The summed E-state index contributed by atoms with van der Waals surface area (Å²) in [6.07, 6.45) is -5.15. The molecule has 1 unspecified atom stereocenters. The van der Waals surface area contributed by atoms with Crippen molar-refractivity contribution in [3.63, 3.8) is 0 Å². The molecule has 6 nitrogen and oxygen atoms in total. The zero-order valence-electron chi connectivity index (χ0n) is 17.4. The van der Waals surface area contributed by atoms with E-state index < -0.39 is 27.7 Å². The number of aliphatic hydroxyl groups is 1. The summed E-state index contributed by atoms with van der Waals surface area (Å²) in [5.74, 6) is -1.66. The molecular weight excluding hydrogens is 513 g/mol. The molecule has 1 atom stereocenters. The average Bonchev–Trinajstić information content (AvgIpc) is 2.76. The third-order valence-electron chi connectivity index (χ3n) is 4.58. The van der Waals surface area contributed by atoms with Gasteiger partial charge in [0.05, 0.1) is 15.6 Å². The van der Waals surface area contributed by atoms with Gasteiger partial charge in [-0.15, -0.1) is 0 Å². The Morgan fingerprint density at radius 3 is 2.12 bits per heavy atom. The number of anilines is 2. The smallest absolute Gasteiger partial charge is 0.373 e. The van der Waals surface area contributed by atoms with Crippen LogP contribution in [0.3, 0.4) is 0 Å². The average molecular weight is 531 g/mol. The lowest BCUT2D eigenvalue weighted by atomic mass is 10.1. The quantitative estimate of drug-likeness (QED) is 0.372. The molecule has 0 spiro atoms. The van der Waals surface area contributed by atoms with Crippen LogP contribution >= 0.6 is 23.4 Å². The first kappa shape index (κ1) is 25.9. The minimum atomic E-state index is -5.15. The summed E-state index contributed by atoms with van der Waals surface area (Å²) in [6.45, 7) is 0.351. The van der Waals surface area contributed by atoms with Crippen LogP contribution < -0.4 is 10.0 Å². The lowest BCUT2D eigenvalue weighted by Gasteiger charge is -2.25. The molecule has 3 aromatic carbocycles. The van der Waals surface area contributed by atoms with Gasteiger partial charge in [0, 0.05) is 15.5 Å². The molecule has 0 radical (unpaired) electrons. The van der Waals surface area contributed by atoms with Crippen LogP contribution in [0.15, 0.2) is 87.5 Å². The molecule has 0 aromatic heterocycles. The van der Waals surface area contributed by atoms with Crippen molar-refractivity contribution in [1.29, 1.82) is 0 Å². The largest absolute Gasteiger partial charge is 0.426 e. The molecule has 180 valence electrons. The Balaban J connectivity index is 1.67. The molecule has 0 aliphatic heterocycles. The van der Waals surface area contributed by atoms with Gasteiger partial charge in [-0.1, -0.05) is 41.6 Å². The van der Waals surface area contributed by atoms with Crippen LogP contribution in [0.2, 0.25) is 5.02 Å². The van der Waals surface area contributed by atoms with Gasteiger partial charge in [0.15, 0.2) is 0 Å². The maximum Gasteiger partial charge on any atom is 0.426 e. The SMILES string of the molecule is CC(O)(C(=O)Nc1ccc(Sc2ccc(NS(=O)(=O)c3ccccc3)cc2)cc1Cl)C(F)(F)F. The number of hydrogen-bond donors (Lipinski definition) is 3. The van der Waals surface area contributed by atoms with Gasteiger partial charge in [0.2, 0.25) is 5.60 Å². The second kappa shape index (κ2) is 9.87. The van der Waals surface area contributed by atoms with Crippen molar-refractivity contribution in [2.24, 2.45) is 0 Å². The maximum absolute atomic E-state index is 12.8. The molecule has 34 heavy (non-hydrogen) atoms. The third kappa shape index (κ3) is 6.03. The van der Waals surface area contributed by atoms with Crippen molar-refractivity contribution in [3.05, 3.63) is 77.8 Å². The Morgan fingerprint density at radius 2 is 1.56 bits per heavy atom. The molecule has 0 aliphatic rings. The first-order valence-corrected chi connectivity index (χ1v) is 12.2. The fourth-order valence-corrected chi connectivity index (χ4v) is 4.80. The van der Waals surface area contributed by atoms with Crippen LogP contribution in [0.5, 0.6) is 0 Å². The van der Waals surface area contributed by atoms with Crippen molar-refractivity contribution >= 4 is 50.7 Å². The number of benzene rings is 3. The van der Waals surface area contributed by atoms with Crippen molar-refractivity contribution in [1.82, 2.24) is 0 Å². The highest BCUT2D eigenvalue weighted by atomic mass is 35.5. The number of rotatable bonds is 7. The maximum atomic E-state index is 12.8. The number of carbonyl (C=O) groups is 1. The van der Waals surface area contributed by atoms with E-state index in [9.17, 15) is 31.5 Å². The third-order valence-corrected chi connectivity index (χ3v) is 7.29. The van der Waals surface area contributed by atoms with E-state index in [1.54, 1.807) is 42.5 Å². The Bertz CT molecular complexity index is 1280. The summed E-state index contributed by atoms with van der Waals surface area (Å²) in [7, 11) is -3.72. The van der Waals surface area contributed by atoms with Gasteiger partial charge in [-0.2, -0.15) is 13.2 Å². The first-order chi connectivity index (χ1) is 15.8. The number of hydrogen-bond acceptors (Lipinski definition) is 5. The van der Waals surface area contributed by atoms with E-state index in [2.05, 4.69) is 4.72 Å². The van der Waals surface area contributed by atoms with Crippen LogP contribution in [-0.2, 0) is 14.8 Å². The van der Waals surface area contributed by atoms with E-state index in [4.69, 9.17) is 11.6 Å². The fraction of sp³-hybridized carbons (Fsp3) is 0.136. The molecule has 0 saturated heterocycles. The molecule has 0 bridgehead atoms. The Hall–Kier alpha value is -2.73. The van der Waals surface area contributed by atoms with E-state index in [0.29, 0.717) is 17.5 Å². The normalized spacial score (nSPS) is 13.7. The van der Waals surface area contributed by atoms with Crippen LogP contribution in [0.1, 0.15) is 6.92 Å². The van der Waals surface area contributed by atoms with Crippen molar-refractivity contribution in [3.8, 4) is 0 Å². The van der Waals surface area contributed by atoms with E-state index in [1.807, 2.05) is 5.32 Å². The van der Waals surface area contributed by atoms with Gasteiger partial charge >= 0.3 is 6.18 Å². The molecule has 1 amide bonds. The zero-order chi connectivity index (χ0) is 25.1. The molecule has 12 heteroatoms. The van der Waals surface area contributed by atoms with Crippen LogP contribution in [0.25, 0.3) is 0 Å². The second-order valence-corrected chi connectivity index (χ2v) is 10.4. The summed E-state index contributed by atoms with van der Waals surface area (Å²) >= 11 is 7.35. The summed E-state index contributed by atoms with van der Waals surface area (Å²) in [5, 5.41) is 11.4. The number of alkyl halides is 3. The lowest BCUT2D eigenvalue weighted by Crippen LogP contribution is -2.52. The Kier molecular flexibility index (Phi) is 7.51. The number of amides is 1. The number of halogens is 4. The lowest BCUT2D eigenvalue weighted by molar-refractivity contribution is -0.242. The van der Waals surface area contributed by atoms with Gasteiger partial charge in [-0.3, -0.25) is 9.52 Å². The highest BCUT2D eigenvalue weighted by Crippen LogP contribution is 2.35. The number of sulfonamides is 1. The molecule has 3 aromatic rings. The van der Waals surface area contributed by atoms with Crippen molar-refractivity contribution in [2.75, 3.05) is 10.0 Å². The van der Waals surface area contributed by atoms with Crippen LogP contribution in [0, 0.1) is 0 Å². The fourth-order valence-electron chi connectivity index (χ4n) is 2.57. The van der Waals surface area contributed by atoms with Crippen molar-refractivity contribution in [2.45, 2.75) is 33.4 Å². The molecule has 3 N–H and O–H groups in total. The molecule has 0 fully saturated rings. The highest BCUT2D eigenvalue weighted by Gasteiger charge is 2.55. The minimum absolute atomic E-state index is 0.0245. The van der Waals surface area contributed by atoms with E-state index in [1.165, 1.54) is 42.1 Å². The molecular formula is C22H18ClF3N2O4S2. The molecule has 3 rings (SSSR count). The Morgan fingerprint density at radius 1 is 0.971 bits per heavy atom. The molecule has 0 aliphatic carbocycles. The predicted octanol–water partition coefficient (Wildman–Crippen LogP) is 5.54. The summed E-state index contributed by atoms with van der Waals surface area (Å²) in [6, 6.07) is 18.7. The minimum Gasteiger partial charge on any atom is -0.373 e. The number of carbonyl (C=O) groups excluding carboxylic acids is 1. The van der Waals surface area contributed by atoms with Crippen LogP contribution in [-0.4, -0.2) is 31.2 Å². The summed E-state index contributed by atoms with van der Waals surface area (Å²) in [4.78, 5) is 13.3. The monoisotopic (exact) mass is 530 g/mol. The standard InChI is InChI=1S/C22H18ClF3N2O4S2/c1-21(30,22(24,25)26)20(29)27-19-12-11-16(13-18(19)23)33-15-9-7-14(8-10-15)28-34(31,32)17-5-3-2-4-6-17/h2-13,28,30H,1H3,(H,27,29). The summed E-state index contributed by atoms with van der Waals surface area (Å²) < 4.78 is 65.7. The van der Waals surface area contributed by atoms with Gasteiger partial charge < -0.3 is 10.4 Å². The molecule has 0 saturated carbocycles. The Labute approximate surface area is 203 Å². The predicted molar refractivity (Wildman–Crippen MR) is 125 cm³/mol. The van der Waals surface area contributed by atoms with Gasteiger partial charge in [-0.05, 0) is 61.5 Å². The highest BCUT2D eigenvalue weighted by molar-refractivity contribution is 7.99. The van der Waals surface area contributed by atoms with E-state index in [0.717, 1.165) is 4.90 Å². The first-order valence-electron chi connectivity index (χ1n) is 9.55. The van der Waals surface area contributed by atoms with Crippen LogP contribution in [0.4, 0.5) is 24.5 Å². The van der Waals surface area contributed by atoms with Crippen molar-refractivity contribution < 1.29 is 31.5 Å². The van der Waals surface area contributed by atoms with Gasteiger partial charge in [-0.25, -0.2) is 8.42 Å². The topological polar surface area (TPSA) is 95.5 Å². The second-order valence-electron chi connectivity index (χ2n) is 7.21. The zero-order valence-corrected chi connectivity index (χ0v) is 19.8. The van der Waals surface area contributed by atoms with Gasteiger partial charge in [0.25, 0.3) is 15.9 Å².